The molecule has 0 heterocycles. The second kappa shape index (κ2) is 7.61. The van der Waals surface area contributed by atoms with Crippen LogP contribution in [0.25, 0.3) is 12.2 Å². The monoisotopic (exact) mass is 377 g/mol. The van der Waals surface area contributed by atoms with Gasteiger partial charge >= 0.3 is 0 Å². The molecule has 0 saturated heterocycles. The van der Waals surface area contributed by atoms with E-state index in [4.69, 9.17) is 11.5 Å². The summed E-state index contributed by atoms with van der Waals surface area (Å²) in [5.74, 6) is 0. The van der Waals surface area contributed by atoms with Crippen LogP contribution in [0, 0.1) is 0 Å². The van der Waals surface area contributed by atoms with E-state index in [2.05, 4.69) is 0 Å². The van der Waals surface area contributed by atoms with Crippen LogP contribution in [0.15, 0.2) is 46.2 Å². The van der Waals surface area contributed by atoms with E-state index in [1.807, 2.05) is 0 Å². The maximum Gasteiger partial charge on any atom is 0.295 e. The molecule has 2 aromatic carbocycles. The number of rotatable bonds is 4. The van der Waals surface area contributed by atoms with E-state index < -0.39 is 30.0 Å². The summed E-state index contributed by atoms with van der Waals surface area (Å²) in [5, 5.41) is 0. The fraction of sp³-hybridized carbons (Fsp3) is 0. The summed E-state index contributed by atoms with van der Waals surface area (Å²) in [4.78, 5) is -0.856. The second-order valence-electron chi connectivity index (χ2n) is 4.88. The summed E-state index contributed by atoms with van der Waals surface area (Å²) in [7, 11) is -9.05. The van der Waals surface area contributed by atoms with Crippen molar-refractivity contribution in [2.24, 2.45) is 0 Å². The first kappa shape index (κ1) is 21.2. The van der Waals surface area contributed by atoms with Crippen molar-refractivity contribution in [3.63, 3.8) is 0 Å². The molecule has 0 aliphatic heterocycles. The Morgan fingerprint density at radius 2 is 1.04 bits per heavy atom. The minimum absolute atomic E-state index is 0. The van der Waals surface area contributed by atoms with E-state index in [1.165, 1.54) is 36.4 Å². The predicted octanol–water partition coefficient (Wildman–Crippen LogP) is 1.13. The quantitative estimate of drug-likeness (QED) is 0.267. The molecule has 0 saturated carbocycles. The number of hydrogen-bond donors (Lipinski definition) is 4. The fourth-order valence-corrected chi connectivity index (χ4v) is 3.44. The van der Waals surface area contributed by atoms with Gasteiger partial charge in [0.1, 0.15) is 9.79 Å². The average Bonchev–Trinajstić information content (AvgIpc) is 2.45. The minimum atomic E-state index is -4.52. The van der Waals surface area contributed by atoms with Crippen LogP contribution in [0.3, 0.4) is 0 Å². The fourth-order valence-electron chi connectivity index (χ4n) is 2.00. The Hall–Kier alpha value is -1.80. The molecule has 0 aliphatic carbocycles. The van der Waals surface area contributed by atoms with Crippen molar-refractivity contribution in [2.45, 2.75) is 9.79 Å². The smallest absolute Gasteiger partial charge is 0.295 e. The second-order valence-corrected chi connectivity index (χ2v) is 7.66. The standard InChI is InChI=1S/C14H14N2O6S2.Li/c15-11-5-3-9(13(7-11)23(17,18)19)1-2-10-4-6-12(16)8-14(10)24(20,21)22;/h1-8H,15-16H2,(H,17,18,19)(H,20,21,22);. The van der Waals surface area contributed by atoms with Gasteiger partial charge in [-0.2, -0.15) is 16.8 Å². The van der Waals surface area contributed by atoms with Gasteiger partial charge in [-0.25, -0.2) is 0 Å². The molecule has 11 heteroatoms. The minimum Gasteiger partial charge on any atom is -0.399 e. The molecule has 0 atom stereocenters. The number of hydrogen-bond acceptors (Lipinski definition) is 6. The van der Waals surface area contributed by atoms with E-state index in [1.54, 1.807) is 0 Å². The Balaban J connectivity index is 0.00000312. The van der Waals surface area contributed by atoms with Crippen molar-refractivity contribution in [1.82, 2.24) is 0 Å². The first-order valence-electron chi connectivity index (χ1n) is 6.40. The van der Waals surface area contributed by atoms with Gasteiger partial charge < -0.3 is 11.5 Å². The molecule has 6 N–H and O–H groups in total. The van der Waals surface area contributed by atoms with Crippen molar-refractivity contribution >= 4 is 62.6 Å². The molecule has 2 aromatic rings. The molecule has 0 unspecified atom stereocenters. The van der Waals surface area contributed by atoms with Gasteiger partial charge in [-0.1, -0.05) is 24.3 Å². The molecular weight excluding hydrogens is 363 g/mol. The van der Waals surface area contributed by atoms with E-state index >= 15 is 0 Å². The summed E-state index contributed by atoms with van der Waals surface area (Å²) in [6, 6.07) is 7.67. The van der Waals surface area contributed by atoms with Gasteiger partial charge in [-0.05, 0) is 35.4 Å². The third-order valence-corrected chi connectivity index (χ3v) is 4.89. The summed E-state index contributed by atoms with van der Waals surface area (Å²) in [5.41, 5.74) is 11.4. The maximum atomic E-state index is 11.4. The van der Waals surface area contributed by atoms with Crippen LogP contribution in [-0.4, -0.2) is 44.8 Å². The van der Waals surface area contributed by atoms with E-state index in [0.29, 0.717) is 0 Å². The van der Waals surface area contributed by atoms with E-state index in [0.717, 1.165) is 12.1 Å². The molecule has 0 bridgehead atoms. The van der Waals surface area contributed by atoms with Crippen LogP contribution >= 0.6 is 0 Å². The van der Waals surface area contributed by atoms with Gasteiger partial charge in [0.25, 0.3) is 20.2 Å². The Labute approximate surface area is 157 Å². The van der Waals surface area contributed by atoms with Crippen LogP contribution < -0.4 is 11.5 Å². The normalized spacial score (nSPS) is 12.1. The van der Waals surface area contributed by atoms with Crippen molar-refractivity contribution in [3.8, 4) is 0 Å². The topological polar surface area (TPSA) is 161 Å². The molecule has 8 nitrogen and oxygen atoms in total. The Kier molecular flexibility index (Phi) is 6.47. The maximum absolute atomic E-state index is 11.4. The summed E-state index contributed by atoms with van der Waals surface area (Å²) >= 11 is 0. The largest absolute Gasteiger partial charge is 0.399 e. The van der Waals surface area contributed by atoms with E-state index in [-0.39, 0.29) is 41.4 Å². The number of benzene rings is 2. The summed E-state index contributed by atoms with van der Waals surface area (Å²) < 4.78 is 64.1. The zero-order chi connectivity index (χ0) is 18.1. The van der Waals surface area contributed by atoms with Gasteiger partial charge in [-0.15, -0.1) is 0 Å². The van der Waals surface area contributed by atoms with E-state index in [9.17, 15) is 25.9 Å². The van der Waals surface area contributed by atoms with Gasteiger partial charge in [0.05, 0.1) is 0 Å². The number of nitrogens with two attached hydrogens (primary N) is 2. The van der Waals surface area contributed by atoms with Crippen LogP contribution in [-0.2, 0) is 20.2 Å². The van der Waals surface area contributed by atoms with Crippen molar-refractivity contribution in [1.29, 1.82) is 0 Å². The zero-order valence-corrected chi connectivity index (χ0v) is 14.8. The van der Waals surface area contributed by atoms with Crippen LogP contribution in [0.4, 0.5) is 11.4 Å². The average molecular weight is 377 g/mol. The van der Waals surface area contributed by atoms with Crippen LogP contribution in [0.5, 0.6) is 0 Å². The first-order valence-corrected chi connectivity index (χ1v) is 9.28. The van der Waals surface area contributed by atoms with Gasteiger partial charge in [-0.3, -0.25) is 9.11 Å². The van der Waals surface area contributed by atoms with Crippen molar-refractivity contribution < 1.29 is 25.9 Å². The Morgan fingerprint density at radius 3 is 1.32 bits per heavy atom. The SMILES string of the molecule is Nc1ccc(C=Cc2ccc(N)cc2S(=O)(=O)O)c(S(=O)(=O)O)c1.[Li]. The molecule has 0 fully saturated rings. The molecule has 0 spiro atoms. The van der Waals surface area contributed by atoms with Crippen molar-refractivity contribution in [2.75, 3.05) is 11.5 Å². The molecule has 129 valence electrons. The molecule has 0 aliphatic rings. The third-order valence-electron chi connectivity index (χ3n) is 3.07. The van der Waals surface area contributed by atoms with Crippen LogP contribution in [0.1, 0.15) is 11.1 Å². The molecule has 1 radical (unpaired) electrons. The van der Waals surface area contributed by atoms with Crippen molar-refractivity contribution in [3.05, 3.63) is 47.5 Å². The van der Waals surface area contributed by atoms with Gasteiger partial charge in [0, 0.05) is 30.2 Å². The van der Waals surface area contributed by atoms with Gasteiger partial charge in [0.15, 0.2) is 0 Å². The number of nitrogen functional groups attached to an aromatic ring is 2. The predicted molar refractivity (Wildman–Crippen MR) is 96.0 cm³/mol. The number of anilines is 2. The molecule has 2 rings (SSSR count). The Bertz CT molecular complexity index is 950. The molecule has 0 amide bonds. The molecular formula is C14H14LiN2O6S2. The van der Waals surface area contributed by atoms with Crippen LogP contribution in [0.2, 0.25) is 0 Å². The van der Waals surface area contributed by atoms with Gasteiger partial charge in [0.2, 0.25) is 0 Å². The first-order chi connectivity index (χ1) is 11.0. The third kappa shape index (κ3) is 5.34. The molecule has 0 aromatic heterocycles. The Morgan fingerprint density at radius 1 is 0.720 bits per heavy atom. The summed E-state index contributed by atoms with van der Waals surface area (Å²) in [6.45, 7) is 0. The summed E-state index contributed by atoms with van der Waals surface area (Å²) in [6.07, 6.45) is 2.53. The molecule has 25 heavy (non-hydrogen) atoms. The zero-order valence-electron chi connectivity index (χ0n) is 13.1.